The van der Waals surface area contributed by atoms with Crippen molar-refractivity contribution in [3.05, 3.63) is 45.8 Å². The Balaban J connectivity index is 1.60. The van der Waals surface area contributed by atoms with E-state index in [0.717, 1.165) is 6.42 Å². The maximum Gasteiger partial charge on any atom is 0.319 e. The summed E-state index contributed by atoms with van der Waals surface area (Å²) in [6.45, 7) is 7.40. The highest BCUT2D eigenvalue weighted by atomic mass is 16.5. The third-order valence-corrected chi connectivity index (χ3v) is 5.89. The van der Waals surface area contributed by atoms with Crippen molar-refractivity contribution in [3.8, 4) is 11.9 Å². The van der Waals surface area contributed by atoms with Crippen LogP contribution >= 0.6 is 0 Å². The molecule has 0 saturated carbocycles. The third-order valence-electron chi connectivity index (χ3n) is 5.89. The molecule has 0 spiro atoms. The van der Waals surface area contributed by atoms with E-state index in [1.54, 1.807) is 7.11 Å². The lowest BCUT2D eigenvalue weighted by atomic mass is 10.0. The predicted molar refractivity (Wildman–Crippen MR) is 110 cm³/mol. The number of carbonyl (C=O) groups is 1. The lowest BCUT2D eigenvalue weighted by molar-refractivity contribution is -0.131. The van der Waals surface area contributed by atoms with Crippen LogP contribution in [0.1, 0.15) is 33.6 Å². The molecule has 7 nitrogen and oxygen atoms in total. The fourth-order valence-electron chi connectivity index (χ4n) is 4.01. The zero-order valence-electron chi connectivity index (χ0n) is 17.5. The Kier molecular flexibility index (Phi) is 4.90. The van der Waals surface area contributed by atoms with E-state index >= 15 is 0 Å². The fourth-order valence-corrected chi connectivity index (χ4v) is 4.01. The molecule has 0 aliphatic carbocycles. The van der Waals surface area contributed by atoms with Crippen LogP contribution in [-0.2, 0) is 24.2 Å². The number of hydrogen-bond acceptors (Lipinski definition) is 5. The minimum absolute atomic E-state index is 0.0454. The van der Waals surface area contributed by atoms with Gasteiger partial charge in [-0.3, -0.25) is 4.79 Å². The highest BCUT2D eigenvalue weighted by molar-refractivity contribution is 5.89. The van der Waals surface area contributed by atoms with Gasteiger partial charge in [-0.25, -0.2) is 4.98 Å². The van der Waals surface area contributed by atoms with Crippen molar-refractivity contribution < 1.29 is 14.3 Å². The van der Waals surface area contributed by atoms with Crippen LogP contribution in [0.15, 0.2) is 12.1 Å². The van der Waals surface area contributed by atoms with E-state index in [-0.39, 0.29) is 18.3 Å². The van der Waals surface area contributed by atoms with Gasteiger partial charge in [0.1, 0.15) is 0 Å². The number of rotatable bonds is 4. The maximum absolute atomic E-state index is 13.1. The predicted octanol–water partition coefficient (Wildman–Crippen LogP) is 3.03. The molecule has 29 heavy (non-hydrogen) atoms. The molecule has 1 N–H and O–H groups in total. The van der Waals surface area contributed by atoms with Gasteiger partial charge in [-0.2, -0.15) is 4.98 Å². The van der Waals surface area contributed by atoms with Gasteiger partial charge in [-0.15, -0.1) is 0 Å². The average molecular weight is 394 g/mol. The molecule has 0 bridgehead atoms. The molecule has 0 radical (unpaired) electrons. The van der Waals surface area contributed by atoms with Gasteiger partial charge in [-0.1, -0.05) is 12.1 Å². The Morgan fingerprint density at radius 2 is 1.97 bits per heavy atom. The second kappa shape index (κ2) is 7.39. The van der Waals surface area contributed by atoms with Crippen LogP contribution in [0.5, 0.6) is 11.9 Å². The Labute approximate surface area is 170 Å². The quantitative estimate of drug-likeness (QED) is 0.736. The summed E-state index contributed by atoms with van der Waals surface area (Å²) in [7, 11) is 3.05. The Morgan fingerprint density at radius 1 is 1.17 bits per heavy atom. The standard InChI is InChI=1S/C22H26N4O3/c1-12-6-7-15-17-11-26(9-8-18(17)24-20(15)13(12)2)19(27)10-16-14(3)23-22(29-5)25-21(16)28-4/h6-7,24H,8-11H2,1-5H3. The third kappa shape index (κ3) is 3.30. The van der Waals surface area contributed by atoms with Crippen molar-refractivity contribution in [2.45, 2.75) is 40.2 Å². The monoisotopic (exact) mass is 394 g/mol. The number of fused-ring (bicyclic) bond motifs is 3. The SMILES string of the molecule is COc1nc(C)c(CC(=O)N2CCc3[nH]c4c(C)c(C)ccc4c3C2)c(OC)n1. The molecule has 1 amide bonds. The van der Waals surface area contributed by atoms with Crippen LogP contribution in [0.4, 0.5) is 0 Å². The summed E-state index contributed by atoms with van der Waals surface area (Å²) >= 11 is 0. The lowest BCUT2D eigenvalue weighted by Gasteiger charge is -2.27. The van der Waals surface area contributed by atoms with E-state index in [9.17, 15) is 4.79 Å². The zero-order valence-corrected chi connectivity index (χ0v) is 17.5. The van der Waals surface area contributed by atoms with E-state index in [2.05, 4.69) is 40.9 Å². The highest BCUT2D eigenvalue weighted by Gasteiger charge is 2.26. The van der Waals surface area contributed by atoms with Crippen LogP contribution in [-0.4, -0.2) is 46.5 Å². The van der Waals surface area contributed by atoms with Gasteiger partial charge in [0.15, 0.2) is 0 Å². The van der Waals surface area contributed by atoms with Crippen LogP contribution in [0, 0.1) is 20.8 Å². The zero-order chi connectivity index (χ0) is 20.7. The van der Waals surface area contributed by atoms with E-state index in [1.165, 1.54) is 40.4 Å². The number of aromatic nitrogens is 3. The number of carbonyl (C=O) groups excluding carboxylic acids is 1. The number of benzene rings is 1. The minimum Gasteiger partial charge on any atom is -0.481 e. The number of aromatic amines is 1. The van der Waals surface area contributed by atoms with E-state index in [1.807, 2.05) is 11.8 Å². The van der Waals surface area contributed by atoms with Gasteiger partial charge in [0.05, 0.1) is 26.3 Å². The van der Waals surface area contributed by atoms with Crippen molar-refractivity contribution in [2.75, 3.05) is 20.8 Å². The summed E-state index contributed by atoms with van der Waals surface area (Å²) in [5, 5.41) is 1.21. The molecular formula is C22H26N4O3. The highest BCUT2D eigenvalue weighted by Crippen LogP contribution is 2.31. The number of methoxy groups -OCH3 is 2. The number of hydrogen-bond donors (Lipinski definition) is 1. The summed E-state index contributed by atoms with van der Waals surface area (Å²) in [6, 6.07) is 4.55. The summed E-state index contributed by atoms with van der Waals surface area (Å²) in [4.78, 5) is 27.1. The van der Waals surface area contributed by atoms with Gasteiger partial charge in [0, 0.05) is 47.2 Å². The van der Waals surface area contributed by atoms with E-state index in [0.29, 0.717) is 30.2 Å². The second-order valence-corrected chi connectivity index (χ2v) is 7.54. The number of ether oxygens (including phenoxy) is 2. The molecule has 3 aromatic rings. The number of nitrogens with zero attached hydrogens (tertiary/aromatic N) is 3. The summed E-state index contributed by atoms with van der Waals surface area (Å²) in [5.41, 5.74) is 7.58. The molecular weight excluding hydrogens is 368 g/mol. The van der Waals surface area contributed by atoms with Crippen molar-refractivity contribution in [1.82, 2.24) is 19.9 Å². The van der Waals surface area contributed by atoms with Crippen molar-refractivity contribution in [1.29, 1.82) is 0 Å². The van der Waals surface area contributed by atoms with E-state index < -0.39 is 0 Å². The first-order valence-corrected chi connectivity index (χ1v) is 9.75. The second-order valence-electron chi connectivity index (χ2n) is 7.54. The minimum atomic E-state index is 0.0454. The Morgan fingerprint density at radius 3 is 2.69 bits per heavy atom. The number of amides is 1. The van der Waals surface area contributed by atoms with Crippen molar-refractivity contribution in [3.63, 3.8) is 0 Å². The molecule has 2 aromatic heterocycles. The van der Waals surface area contributed by atoms with Gasteiger partial charge in [0.2, 0.25) is 11.8 Å². The molecule has 0 fully saturated rings. The number of nitrogens with one attached hydrogen (secondary N) is 1. The first-order chi connectivity index (χ1) is 13.9. The number of H-pyrrole nitrogens is 1. The largest absolute Gasteiger partial charge is 0.481 e. The summed E-state index contributed by atoms with van der Waals surface area (Å²) < 4.78 is 10.5. The first-order valence-electron chi connectivity index (χ1n) is 9.75. The molecule has 3 heterocycles. The fraction of sp³-hybridized carbons (Fsp3) is 0.409. The van der Waals surface area contributed by atoms with Crippen molar-refractivity contribution in [2.24, 2.45) is 0 Å². The molecule has 152 valence electrons. The molecule has 4 rings (SSSR count). The molecule has 0 atom stereocenters. The summed E-state index contributed by atoms with van der Waals surface area (Å²) in [5.74, 6) is 0.433. The van der Waals surface area contributed by atoms with Crippen molar-refractivity contribution >= 4 is 16.8 Å². The van der Waals surface area contributed by atoms with Crippen LogP contribution < -0.4 is 9.47 Å². The van der Waals surface area contributed by atoms with Crippen LogP contribution in [0.2, 0.25) is 0 Å². The molecule has 7 heteroatoms. The Hall–Kier alpha value is -3.09. The Bertz CT molecular complexity index is 1100. The van der Waals surface area contributed by atoms with Gasteiger partial charge in [-0.05, 0) is 31.9 Å². The average Bonchev–Trinajstić information content (AvgIpc) is 3.10. The molecule has 0 unspecified atom stereocenters. The molecule has 1 aromatic carbocycles. The normalized spacial score (nSPS) is 13.5. The van der Waals surface area contributed by atoms with Gasteiger partial charge < -0.3 is 19.4 Å². The number of aryl methyl sites for hydroxylation is 3. The first kappa shape index (κ1) is 19.2. The van der Waals surface area contributed by atoms with Gasteiger partial charge >= 0.3 is 6.01 Å². The lowest BCUT2D eigenvalue weighted by Crippen LogP contribution is -2.37. The molecule has 1 aliphatic heterocycles. The topological polar surface area (TPSA) is 80.3 Å². The van der Waals surface area contributed by atoms with Gasteiger partial charge in [0.25, 0.3) is 0 Å². The summed E-state index contributed by atoms with van der Waals surface area (Å²) in [6.07, 6.45) is 1.03. The van der Waals surface area contributed by atoms with Crippen LogP contribution in [0.25, 0.3) is 10.9 Å². The van der Waals surface area contributed by atoms with E-state index in [4.69, 9.17) is 9.47 Å². The molecule has 0 saturated heterocycles. The smallest absolute Gasteiger partial charge is 0.319 e. The molecule has 1 aliphatic rings. The van der Waals surface area contributed by atoms with Crippen LogP contribution in [0.3, 0.4) is 0 Å². The maximum atomic E-state index is 13.1.